The van der Waals surface area contributed by atoms with Crippen LogP contribution in [0.4, 0.5) is 5.13 Å². The number of nitrogens with one attached hydrogen (secondary N) is 2. The minimum absolute atomic E-state index is 0.104. The van der Waals surface area contributed by atoms with E-state index < -0.39 is 0 Å². The van der Waals surface area contributed by atoms with Crippen molar-refractivity contribution in [1.29, 1.82) is 0 Å². The van der Waals surface area contributed by atoms with Gasteiger partial charge in [0, 0.05) is 29.3 Å². The number of methoxy groups -OCH3 is 1. The average Bonchev–Trinajstić information content (AvgIpc) is 3.01. The number of nitrogens with zero attached hydrogens (tertiary/aromatic N) is 1. The number of thiazole rings is 1. The van der Waals surface area contributed by atoms with Crippen LogP contribution in [0, 0.1) is 0 Å². The molecule has 0 atom stereocenters. The second-order valence-electron chi connectivity index (χ2n) is 5.68. The number of carbonyl (C=O) groups is 1. The fourth-order valence-electron chi connectivity index (χ4n) is 2.39. The smallest absolute Gasteiger partial charge is 0.230 e. The predicted octanol–water partition coefficient (Wildman–Crippen LogP) is 3.56. The van der Waals surface area contributed by atoms with Gasteiger partial charge < -0.3 is 15.0 Å². The Bertz CT molecular complexity index is 1020. The Morgan fingerprint density at radius 2 is 2.20 bits per heavy atom. The second-order valence-corrected chi connectivity index (χ2v) is 6.54. The second kappa shape index (κ2) is 6.90. The Balaban J connectivity index is 1.93. The number of ether oxygens (including phenoxy) is 1. The number of fused-ring (bicyclic) bond motifs is 1. The number of pyridine rings is 1. The monoisotopic (exact) mass is 355 g/mol. The normalized spacial score (nSPS) is 10.6. The van der Waals surface area contributed by atoms with Crippen LogP contribution in [-0.4, -0.2) is 23.0 Å². The first-order chi connectivity index (χ1) is 12.0. The van der Waals surface area contributed by atoms with Gasteiger partial charge in [0.25, 0.3) is 0 Å². The van der Waals surface area contributed by atoms with E-state index in [2.05, 4.69) is 21.9 Å². The molecule has 0 aliphatic rings. The molecule has 0 aliphatic carbocycles. The first kappa shape index (κ1) is 16.9. The van der Waals surface area contributed by atoms with E-state index in [4.69, 9.17) is 4.74 Å². The number of H-pyrrole nitrogens is 1. The Labute approximate surface area is 148 Å². The van der Waals surface area contributed by atoms with Gasteiger partial charge in [-0.2, -0.15) is 0 Å². The van der Waals surface area contributed by atoms with Gasteiger partial charge in [0.05, 0.1) is 24.0 Å². The zero-order valence-corrected chi connectivity index (χ0v) is 14.7. The topological polar surface area (TPSA) is 84.1 Å². The summed E-state index contributed by atoms with van der Waals surface area (Å²) in [7, 11) is 1.57. The number of aromatic nitrogens is 2. The molecule has 3 rings (SSSR count). The molecule has 7 heteroatoms. The third-order valence-corrected chi connectivity index (χ3v) is 4.28. The van der Waals surface area contributed by atoms with Gasteiger partial charge >= 0.3 is 0 Å². The molecule has 0 bridgehead atoms. The molecule has 0 fully saturated rings. The van der Waals surface area contributed by atoms with Gasteiger partial charge in [-0.1, -0.05) is 12.2 Å². The first-order valence-electron chi connectivity index (χ1n) is 7.57. The van der Waals surface area contributed by atoms with E-state index in [1.165, 1.54) is 17.4 Å². The first-order valence-corrected chi connectivity index (χ1v) is 8.45. The zero-order chi connectivity index (χ0) is 18.0. The summed E-state index contributed by atoms with van der Waals surface area (Å²) in [5, 5.41) is 5.57. The van der Waals surface area contributed by atoms with Crippen LogP contribution in [0.3, 0.4) is 0 Å². The highest BCUT2D eigenvalue weighted by Crippen LogP contribution is 2.25. The summed E-state index contributed by atoms with van der Waals surface area (Å²) >= 11 is 1.30. The van der Waals surface area contributed by atoms with E-state index in [9.17, 15) is 9.59 Å². The Kier molecular flexibility index (Phi) is 4.67. The number of carbonyl (C=O) groups excluding carboxylic acids is 1. The lowest BCUT2D eigenvalue weighted by atomic mass is 10.1. The van der Waals surface area contributed by atoms with Crippen molar-refractivity contribution in [3.8, 4) is 17.1 Å². The van der Waals surface area contributed by atoms with Crippen molar-refractivity contribution in [2.45, 2.75) is 13.3 Å². The van der Waals surface area contributed by atoms with Crippen LogP contribution in [-0.2, 0) is 4.79 Å². The molecular weight excluding hydrogens is 338 g/mol. The van der Waals surface area contributed by atoms with Crippen LogP contribution in [0.25, 0.3) is 22.3 Å². The summed E-state index contributed by atoms with van der Waals surface area (Å²) in [6.07, 6.45) is 0.252. The van der Waals surface area contributed by atoms with Gasteiger partial charge in [-0.3, -0.25) is 9.59 Å². The molecule has 0 radical (unpaired) electrons. The van der Waals surface area contributed by atoms with Crippen LogP contribution in [0.5, 0.6) is 5.75 Å². The molecule has 0 unspecified atom stereocenters. The molecule has 25 heavy (non-hydrogen) atoms. The standard InChI is InChI=1S/C18H17N3O3S/c1-10(2)6-17(23)21-18-20-15(9-25-18)14-8-16(22)12-5-4-11(24-3)7-13(12)19-14/h4-5,7-9H,1,6H2,2-3H3,(H,19,22)(H,20,21,23). The summed E-state index contributed by atoms with van der Waals surface area (Å²) in [4.78, 5) is 31.7. The molecule has 6 nitrogen and oxygen atoms in total. The molecule has 0 saturated carbocycles. The van der Waals surface area contributed by atoms with E-state index in [1.54, 1.807) is 37.6 Å². The molecule has 1 aromatic carbocycles. The SMILES string of the molecule is C=C(C)CC(=O)Nc1nc(-c2cc(=O)c3ccc(OC)cc3[nH]2)cs1. The van der Waals surface area contributed by atoms with Gasteiger partial charge in [-0.25, -0.2) is 4.98 Å². The molecule has 1 amide bonds. The Morgan fingerprint density at radius 3 is 2.92 bits per heavy atom. The molecule has 0 spiro atoms. The molecule has 2 aromatic heterocycles. The van der Waals surface area contributed by atoms with Crippen LogP contribution in [0.15, 0.2) is 46.6 Å². The number of hydrogen-bond donors (Lipinski definition) is 2. The van der Waals surface area contributed by atoms with Gasteiger partial charge in [-0.05, 0) is 19.1 Å². The minimum Gasteiger partial charge on any atom is -0.497 e. The lowest BCUT2D eigenvalue weighted by Gasteiger charge is -2.04. The quantitative estimate of drug-likeness (QED) is 0.685. The Hall–Kier alpha value is -2.93. The molecule has 2 heterocycles. The minimum atomic E-state index is -0.162. The number of aromatic amines is 1. The summed E-state index contributed by atoms with van der Waals surface area (Å²) in [6.45, 7) is 5.51. The van der Waals surface area contributed by atoms with Gasteiger partial charge in [0.1, 0.15) is 5.75 Å². The van der Waals surface area contributed by atoms with Crippen LogP contribution >= 0.6 is 11.3 Å². The fraction of sp³-hybridized carbons (Fsp3) is 0.167. The van der Waals surface area contributed by atoms with Crippen molar-refractivity contribution in [3.05, 3.63) is 52.0 Å². The summed E-state index contributed by atoms with van der Waals surface area (Å²) in [6, 6.07) is 6.74. The highest BCUT2D eigenvalue weighted by molar-refractivity contribution is 7.14. The highest BCUT2D eigenvalue weighted by Gasteiger charge is 2.11. The molecule has 128 valence electrons. The van der Waals surface area contributed by atoms with Gasteiger partial charge in [0.2, 0.25) is 5.91 Å². The molecule has 3 aromatic rings. The van der Waals surface area contributed by atoms with E-state index >= 15 is 0 Å². The van der Waals surface area contributed by atoms with Crippen molar-refractivity contribution in [2.75, 3.05) is 12.4 Å². The van der Waals surface area contributed by atoms with Crippen molar-refractivity contribution in [1.82, 2.24) is 9.97 Å². The molecule has 0 aliphatic heterocycles. The maximum Gasteiger partial charge on any atom is 0.230 e. The highest BCUT2D eigenvalue weighted by atomic mass is 32.1. The molecular formula is C18H17N3O3S. The lowest BCUT2D eigenvalue weighted by Crippen LogP contribution is -2.11. The summed E-state index contributed by atoms with van der Waals surface area (Å²) in [5.74, 6) is 0.497. The van der Waals surface area contributed by atoms with Crippen LogP contribution in [0.2, 0.25) is 0 Å². The maximum absolute atomic E-state index is 12.3. The number of anilines is 1. The van der Waals surface area contributed by atoms with E-state index in [1.807, 2.05) is 0 Å². The Morgan fingerprint density at radius 1 is 1.40 bits per heavy atom. The molecule has 2 N–H and O–H groups in total. The third kappa shape index (κ3) is 3.77. The summed E-state index contributed by atoms with van der Waals surface area (Å²) in [5.41, 5.74) is 2.52. The fourth-order valence-corrected chi connectivity index (χ4v) is 3.12. The number of benzene rings is 1. The zero-order valence-electron chi connectivity index (χ0n) is 13.9. The van der Waals surface area contributed by atoms with Crippen molar-refractivity contribution in [2.24, 2.45) is 0 Å². The summed E-state index contributed by atoms with van der Waals surface area (Å²) < 4.78 is 5.20. The lowest BCUT2D eigenvalue weighted by molar-refractivity contribution is -0.115. The van der Waals surface area contributed by atoms with Crippen LogP contribution < -0.4 is 15.5 Å². The third-order valence-electron chi connectivity index (χ3n) is 3.53. The number of amides is 1. The average molecular weight is 355 g/mol. The van der Waals surface area contributed by atoms with Crippen molar-refractivity contribution >= 4 is 33.3 Å². The van der Waals surface area contributed by atoms with Gasteiger partial charge in [0.15, 0.2) is 10.6 Å². The van der Waals surface area contributed by atoms with Crippen molar-refractivity contribution < 1.29 is 9.53 Å². The number of rotatable bonds is 5. The molecule has 0 saturated heterocycles. The van der Waals surface area contributed by atoms with Crippen LogP contribution in [0.1, 0.15) is 13.3 Å². The van der Waals surface area contributed by atoms with E-state index in [-0.39, 0.29) is 17.8 Å². The maximum atomic E-state index is 12.3. The number of hydrogen-bond acceptors (Lipinski definition) is 5. The van der Waals surface area contributed by atoms with Gasteiger partial charge in [-0.15, -0.1) is 11.3 Å². The van der Waals surface area contributed by atoms with E-state index in [0.717, 1.165) is 5.57 Å². The predicted molar refractivity (Wildman–Crippen MR) is 100 cm³/mol. The van der Waals surface area contributed by atoms with E-state index in [0.29, 0.717) is 33.2 Å². The van der Waals surface area contributed by atoms with Crippen molar-refractivity contribution in [3.63, 3.8) is 0 Å². The largest absolute Gasteiger partial charge is 0.497 e.